The van der Waals surface area contributed by atoms with Crippen LogP contribution >= 0.6 is 0 Å². The standard InChI is InChI=1S/C37H39N2/c1-7-28-18-20-33(38-28)29-15-11-12-16-30(29)35-37(5,6)32-19-17-26(25-13-9-8-10-14-25)23-31(32)34-24-27(36(2,3)4)21-22-39(34)35/h8-24,35,38H,7H2,1-6H3/q+1/t35-/m1/s1. The summed E-state index contributed by atoms with van der Waals surface area (Å²) in [6, 6.07) is 36.1. The number of hydrogen-bond donors (Lipinski definition) is 1. The highest BCUT2D eigenvalue weighted by molar-refractivity contribution is 5.76. The molecule has 0 bridgehead atoms. The van der Waals surface area contributed by atoms with E-state index in [4.69, 9.17) is 0 Å². The minimum absolute atomic E-state index is 0.0635. The smallest absolute Gasteiger partial charge is 0.213 e. The molecule has 6 rings (SSSR count). The summed E-state index contributed by atoms with van der Waals surface area (Å²) in [5.41, 5.74) is 12.9. The van der Waals surface area contributed by atoms with Gasteiger partial charge in [-0.15, -0.1) is 0 Å². The van der Waals surface area contributed by atoms with Crippen LogP contribution < -0.4 is 4.57 Å². The molecule has 196 valence electrons. The number of nitrogens with one attached hydrogen (secondary N) is 1. The number of aryl methyl sites for hydroxylation is 1. The lowest BCUT2D eigenvalue weighted by atomic mass is 9.68. The number of aromatic amines is 1. The van der Waals surface area contributed by atoms with Crippen molar-refractivity contribution in [2.24, 2.45) is 0 Å². The Kier molecular flexibility index (Phi) is 6.10. The molecule has 0 aliphatic carbocycles. The van der Waals surface area contributed by atoms with Crippen molar-refractivity contribution >= 4 is 0 Å². The van der Waals surface area contributed by atoms with E-state index in [1.165, 1.54) is 56.0 Å². The van der Waals surface area contributed by atoms with Gasteiger partial charge in [0.1, 0.15) is 0 Å². The summed E-state index contributed by atoms with van der Waals surface area (Å²) in [4.78, 5) is 3.67. The molecule has 2 nitrogen and oxygen atoms in total. The van der Waals surface area contributed by atoms with Crippen LogP contribution in [0.15, 0.2) is 103 Å². The van der Waals surface area contributed by atoms with Crippen molar-refractivity contribution in [3.05, 3.63) is 126 Å². The number of H-pyrrole nitrogens is 1. The molecule has 0 fully saturated rings. The van der Waals surface area contributed by atoms with Gasteiger partial charge >= 0.3 is 0 Å². The summed E-state index contributed by atoms with van der Waals surface area (Å²) in [5, 5.41) is 0. The topological polar surface area (TPSA) is 19.7 Å². The molecule has 1 N–H and O–H groups in total. The van der Waals surface area contributed by atoms with E-state index in [0.717, 1.165) is 6.42 Å². The fourth-order valence-corrected chi connectivity index (χ4v) is 6.37. The van der Waals surface area contributed by atoms with Crippen molar-refractivity contribution in [2.45, 2.75) is 64.8 Å². The van der Waals surface area contributed by atoms with Crippen LogP contribution in [0.4, 0.5) is 0 Å². The Labute approximate surface area is 233 Å². The molecular weight excluding hydrogens is 472 g/mol. The summed E-state index contributed by atoms with van der Waals surface area (Å²) in [7, 11) is 0. The van der Waals surface area contributed by atoms with Gasteiger partial charge in [-0.3, -0.25) is 0 Å². The molecule has 0 unspecified atom stereocenters. The lowest BCUT2D eigenvalue weighted by Gasteiger charge is -2.38. The number of aromatic nitrogens is 2. The summed E-state index contributed by atoms with van der Waals surface area (Å²) in [6.07, 6.45) is 3.34. The number of rotatable bonds is 4. The van der Waals surface area contributed by atoms with Crippen molar-refractivity contribution in [3.8, 4) is 33.6 Å². The summed E-state index contributed by atoms with van der Waals surface area (Å²) in [6.45, 7) is 13.9. The zero-order valence-corrected chi connectivity index (χ0v) is 24.0. The highest BCUT2D eigenvalue weighted by atomic mass is 15.0. The molecular formula is C37H39N2+. The van der Waals surface area contributed by atoms with E-state index < -0.39 is 0 Å². The second-order valence-corrected chi connectivity index (χ2v) is 12.5. The van der Waals surface area contributed by atoms with Gasteiger partial charge in [0.2, 0.25) is 5.69 Å². The van der Waals surface area contributed by atoms with E-state index in [1.54, 1.807) is 0 Å². The highest BCUT2D eigenvalue weighted by Gasteiger charge is 2.48. The second-order valence-electron chi connectivity index (χ2n) is 12.5. The van der Waals surface area contributed by atoms with Gasteiger partial charge in [-0.25, -0.2) is 0 Å². The Morgan fingerprint density at radius 2 is 1.51 bits per heavy atom. The van der Waals surface area contributed by atoms with Crippen LogP contribution in [-0.4, -0.2) is 4.98 Å². The van der Waals surface area contributed by atoms with E-state index >= 15 is 0 Å². The second kappa shape index (κ2) is 9.38. The maximum Gasteiger partial charge on any atom is 0.213 e. The normalized spacial score (nSPS) is 16.0. The van der Waals surface area contributed by atoms with Crippen molar-refractivity contribution < 1.29 is 4.57 Å². The van der Waals surface area contributed by atoms with Crippen molar-refractivity contribution in [3.63, 3.8) is 0 Å². The SMILES string of the molecule is CCc1ccc(-c2ccccc2[C@H]2[n+]3ccc(C(C)(C)C)cc3-c3cc(-c4ccccc4)ccc3C2(C)C)[nH]1. The monoisotopic (exact) mass is 511 g/mol. The predicted molar refractivity (Wildman–Crippen MR) is 163 cm³/mol. The first-order valence-electron chi connectivity index (χ1n) is 14.2. The van der Waals surface area contributed by atoms with Crippen LogP contribution in [0, 0.1) is 0 Å². The molecule has 0 spiro atoms. The van der Waals surface area contributed by atoms with Crippen molar-refractivity contribution in [2.75, 3.05) is 0 Å². The molecule has 2 aromatic heterocycles. The Morgan fingerprint density at radius 3 is 2.23 bits per heavy atom. The molecule has 1 aliphatic heterocycles. The number of hydrogen-bond acceptors (Lipinski definition) is 0. The van der Waals surface area contributed by atoms with E-state index in [1.807, 2.05) is 0 Å². The molecule has 1 aliphatic rings. The van der Waals surface area contributed by atoms with Gasteiger partial charge in [-0.2, -0.15) is 4.57 Å². The Morgan fingerprint density at radius 1 is 0.769 bits per heavy atom. The maximum atomic E-state index is 3.67. The van der Waals surface area contributed by atoms with Gasteiger partial charge < -0.3 is 4.98 Å². The lowest BCUT2D eigenvalue weighted by Crippen LogP contribution is -2.54. The molecule has 0 radical (unpaired) electrons. The highest BCUT2D eigenvalue weighted by Crippen LogP contribution is 2.48. The van der Waals surface area contributed by atoms with Crippen LogP contribution in [0.3, 0.4) is 0 Å². The molecule has 0 saturated carbocycles. The molecule has 39 heavy (non-hydrogen) atoms. The zero-order valence-electron chi connectivity index (χ0n) is 24.0. The molecule has 2 heteroatoms. The van der Waals surface area contributed by atoms with Gasteiger partial charge in [0.15, 0.2) is 12.2 Å². The number of nitrogens with zero attached hydrogens (tertiary/aromatic N) is 1. The first kappa shape index (κ1) is 25.4. The Bertz CT molecular complexity index is 1650. The third-order valence-corrected chi connectivity index (χ3v) is 8.58. The van der Waals surface area contributed by atoms with Crippen LogP contribution in [0.25, 0.3) is 33.6 Å². The summed E-state index contributed by atoms with van der Waals surface area (Å²) >= 11 is 0. The van der Waals surface area contributed by atoms with Gasteiger partial charge in [0.25, 0.3) is 0 Å². The predicted octanol–water partition coefficient (Wildman–Crippen LogP) is 9.04. The van der Waals surface area contributed by atoms with Crippen LogP contribution in [0.2, 0.25) is 0 Å². The van der Waals surface area contributed by atoms with E-state index in [2.05, 4.69) is 154 Å². The maximum absolute atomic E-state index is 3.67. The first-order chi connectivity index (χ1) is 18.7. The van der Waals surface area contributed by atoms with Gasteiger partial charge in [0, 0.05) is 34.6 Å². The van der Waals surface area contributed by atoms with Crippen LogP contribution in [0.1, 0.15) is 70.0 Å². The summed E-state index contributed by atoms with van der Waals surface area (Å²) in [5.74, 6) is 0. The van der Waals surface area contributed by atoms with E-state index in [-0.39, 0.29) is 16.9 Å². The van der Waals surface area contributed by atoms with E-state index in [9.17, 15) is 0 Å². The number of fused-ring (bicyclic) bond motifs is 3. The van der Waals surface area contributed by atoms with E-state index in [0.29, 0.717) is 0 Å². The molecule has 1 atom stereocenters. The molecule has 0 amide bonds. The minimum Gasteiger partial charge on any atom is -0.358 e. The Hall–Kier alpha value is -3.91. The molecule has 0 saturated heterocycles. The number of benzene rings is 3. The zero-order chi connectivity index (χ0) is 27.4. The van der Waals surface area contributed by atoms with Crippen molar-refractivity contribution in [1.82, 2.24) is 4.98 Å². The Balaban J connectivity index is 1.61. The third-order valence-electron chi connectivity index (χ3n) is 8.58. The average Bonchev–Trinajstić information content (AvgIpc) is 3.42. The average molecular weight is 512 g/mol. The molecule has 3 aromatic carbocycles. The first-order valence-corrected chi connectivity index (χ1v) is 14.2. The van der Waals surface area contributed by atoms with Gasteiger partial charge in [-0.1, -0.05) is 94.4 Å². The summed E-state index contributed by atoms with van der Waals surface area (Å²) < 4.78 is 2.54. The lowest BCUT2D eigenvalue weighted by molar-refractivity contribution is -0.713. The molecule has 5 aromatic rings. The fourth-order valence-electron chi connectivity index (χ4n) is 6.37. The minimum atomic E-state index is -0.137. The number of pyridine rings is 1. The largest absolute Gasteiger partial charge is 0.358 e. The van der Waals surface area contributed by atoms with Crippen LogP contribution in [0.5, 0.6) is 0 Å². The fraction of sp³-hybridized carbons (Fsp3) is 0.270. The van der Waals surface area contributed by atoms with Gasteiger partial charge in [0.05, 0.1) is 11.0 Å². The van der Waals surface area contributed by atoms with Crippen LogP contribution in [-0.2, 0) is 17.3 Å². The van der Waals surface area contributed by atoms with Gasteiger partial charge in [-0.05, 0) is 66.1 Å². The third kappa shape index (κ3) is 4.33. The quantitative estimate of drug-likeness (QED) is 0.232. The van der Waals surface area contributed by atoms with Crippen molar-refractivity contribution in [1.29, 1.82) is 0 Å². The molecule has 3 heterocycles.